The van der Waals surface area contributed by atoms with Gasteiger partial charge in [0.1, 0.15) is 0 Å². The molecule has 17 heavy (non-hydrogen) atoms. The molecule has 0 amide bonds. The molecule has 1 aliphatic heterocycles. The molecule has 0 bridgehead atoms. The zero-order valence-corrected chi connectivity index (χ0v) is 8.64. The van der Waals surface area contributed by atoms with Gasteiger partial charge in [-0.05, 0) is 23.8 Å². The molecule has 0 aromatic heterocycles. The van der Waals surface area contributed by atoms with Crippen LogP contribution in [0.2, 0.25) is 0 Å². The van der Waals surface area contributed by atoms with E-state index in [0.29, 0.717) is 5.56 Å². The topological polar surface area (TPSA) is 43.4 Å². The van der Waals surface area contributed by atoms with Crippen LogP contribution in [0.1, 0.15) is 15.9 Å². The molecule has 2 aliphatic rings. The Morgan fingerprint density at radius 3 is 2.59 bits per heavy atom. The zero-order valence-electron chi connectivity index (χ0n) is 8.64. The normalized spacial score (nSPS) is 25.8. The molecule has 1 aromatic rings. The fraction of sp³-hybridized carbons (Fsp3) is 0.0769. The van der Waals surface area contributed by atoms with E-state index in [-0.39, 0.29) is 16.9 Å². The lowest BCUT2D eigenvalue weighted by atomic mass is 9.88. The number of benzene rings is 1. The lowest BCUT2D eigenvalue weighted by Gasteiger charge is -2.32. The van der Waals surface area contributed by atoms with Gasteiger partial charge in [-0.1, -0.05) is 18.2 Å². The van der Waals surface area contributed by atoms with Crippen LogP contribution in [0, 0.1) is 0 Å². The molecule has 1 unspecified atom stereocenters. The van der Waals surface area contributed by atoms with E-state index in [1.807, 2.05) is 0 Å². The fourth-order valence-corrected chi connectivity index (χ4v) is 2.00. The van der Waals surface area contributed by atoms with E-state index in [1.54, 1.807) is 24.3 Å². The van der Waals surface area contributed by atoms with Gasteiger partial charge in [-0.3, -0.25) is 4.79 Å². The Morgan fingerprint density at radius 2 is 1.82 bits per heavy atom. The van der Waals surface area contributed by atoms with E-state index >= 15 is 0 Å². The van der Waals surface area contributed by atoms with E-state index in [4.69, 9.17) is 4.74 Å². The van der Waals surface area contributed by atoms with Gasteiger partial charge in [-0.2, -0.15) is 4.39 Å². The van der Waals surface area contributed by atoms with Gasteiger partial charge < -0.3 is 4.74 Å². The van der Waals surface area contributed by atoms with Gasteiger partial charge in [0.15, 0.2) is 5.78 Å². The molecule has 1 atom stereocenters. The van der Waals surface area contributed by atoms with E-state index in [9.17, 15) is 14.0 Å². The van der Waals surface area contributed by atoms with Crippen molar-refractivity contribution in [3.05, 3.63) is 53.6 Å². The predicted octanol–water partition coefficient (Wildman–Crippen LogP) is 2.05. The summed E-state index contributed by atoms with van der Waals surface area (Å²) in [6, 6.07) is 6.48. The number of esters is 1. The second kappa shape index (κ2) is 3.13. The number of halogens is 1. The highest BCUT2D eigenvalue weighted by Crippen LogP contribution is 2.41. The molecule has 0 fully saturated rings. The van der Waals surface area contributed by atoms with Crippen LogP contribution in [0.15, 0.2) is 42.5 Å². The van der Waals surface area contributed by atoms with Gasteiger partial charge >= 0.3 is 5.97 Å². The number of rotatable bonds is 0. The molecular formula is C13H7FO3. The van der Waals surface area contributed by atoms with Crippen molar-refractivity contribution in [3.8, 4) is 0 Å². The third kappa shape index (κ3) is 1.34. The molecule has 1 heterocycles. The Morgan fingerprint density at radius 1 is 1.12 bits per heavy atom. The molecule has 1 aromatic carbocycles. The van der Waals surface area contributed by atoms with Crippen LogP contribution in [-0.2, 0) is 9.53 Å². The number of alkyl halides is 1. The summed E-state index contributed by atoms with van der Waals surface area (Å²) in [5.74, 6) is -3.36. The average molecular weight is 230 g/mol. The molecule has 3 rings (SSSR count). The van der Waals surface area contributed by atoms with Gasteiger partial charge in [-0.15, -0.1) is 0 Å². The minimum absolute atomic E-state index is 0.0835. The first-order chi connectivity index (χ1) is 8.10. The number of ether oxygens (including phenoxy) is 1. The summed E-state index contributed by atoms with van der Waals surface area (Å²) < 4.78 is 19.1. The largest absolute Gasteiger partial charge is 0.417 e. The van der Waals surface area contributed by atoms with E-state index in [2.05, 4.69) is 0 Å². The standard InChI is InChI=1S/C13H7FO3/c14-13-6-5-8(15)7-11(13)9-3-1-2-4-10(9)12(16)17-13/h1-7H. The van der Waals surface area contributed by atoms with Crippen molar-refractivity contribution in [2.45, 2.75) is 5.85 Å². The quantitative estimate of drug-likeness (QED) is 0.640. The number of carbonyl (C=O) groups excluding carboxylic acids is 2. The maximum Gasteiger partial charge on any atom is 0.341 e. The number of hydrogen-bond acceptors (Lipinski definition) is 3. The Labute approximate surface area is 96.2 Å². The number of carbonyl (C=O) groups is 2. The van der Waals surface area contributed by atoms with Gasteiger partial charge in [0.25, 0.3) is 5.85 Å². The average Bonchev–Trinajstić information content (AvgIpc) is 2.32. The van der Waals surface area contributed by atoms with Gasteiger partial charge in [0.05, 0.1) is 5.56 Å². The lowest BCUT2D eigenvalue weighted by molar-refractivity contribution is -0.111. The van der Waals surface area contributed by atoms with E-state index in [1.165, 1.54) is 0 Å². The van der Waals surface area contributed by atoms with Crippen molar-refractivity contribution in [1.82, 2.24) is 0 Å². The Kier molecular flexibility index (Phi) is 1.84. The summed E-state index contributed by atoms with van der Waals surface area (Å²) in [4.78, 5) is 22.9. The monoisotopic (exact) mass is 230 g/mol. The molecule has 3 nitrogen and oxygen atoms in total. The highest BCUT2D eigenvalue weighted by Gasteiger charge is 2.44. The lowest BCUT2D eigenvalue weighted by Crippen LogP contribution is -2.36. The highest BCUT2D eigenvalue weighted by atomic mass is 19.2. The first kappa shape index (κ1) is 9.96. The van der Waals surface area contributed by atoms with Crippen LogP contribution in [0.4, 0.5) is 4.39 Å². The van der Waals surface area contributed by atoms with Crippen LogP contribution in [-0.4, -0.2) is 17.6 Å². The number of fused-ring (bicyclic) bond motifs is 3. The molecule has 84 valence electrons. The molecule has 4 heteroatoms. The number of hydrogen-bond donors (Lipinski definition) is 0. The molecule has 0 N–H and O–H groups in total. The summed E-state index contributed by atoms with van der Waals surface area (Å²) in [5, 5.41) is 0. The summed E-state index contributed by atoms with van der Waals surface area (Å²) >= 11 is 0. The molecule has 1 aliphatic carbocycles. The first-order valence-corrected chi connectivity index (χ1v) is 5.07. The predicted molar refractivity (Wildman–Crippen MR) is 57.8 cm³/mol. The van der Waals surface area contributed by atoms with Gasteiger partial charge in [0, 0.05) is 11.6 Å². The van der Waals surface area contributed by atoms with Crippen LogP contribution < -0.4 is 0 Å². The second-order valence-electron chi connectivity index (χ2n) is 3.87. The van der Waals surface area contributed by atoms with Crippen LogP contribution in [0.25, 0.3) is 5.57 Å². The Bertz CT molecular complexity index is 600. The summed E-state index contributed by atoms with van der Waals surface area (Å²) in [6.07, 6.45) is 3.19. The molecular weight excluding hydrogens is 223 g/mol. The van der Waals surface area contributed by atoms with Crippen LogP contribution >= 0.6 is 0 Å². The molecule has 0 saturated heterocycles. The van der Waals surface area contributed by atoms with E-state index in [0.717, 1.165) is 18.2 Å². The summed E-state index contributed by atoms with van der Waals surface area (Å²) in [6.45, 7) is 0. The smallest absolute Gasteiger partial charge is 0.341 e. The first-order valence-electron chi connectivity index (χ1n) is 5.07. The summed E-state index contributed by atoms with van der Waals surface area (Å²) in [5.41, 5.74) is 0.763. The van der Waals surface area contributed by atoms with Gasteiger partial charge in [0.2, 0.25) is 0 Å². The second-order valence-corrected chi connectivity index (χ2v) is 3.87. The molecule has 0 spiro atoms. The van der Waals surface area contributed by atoms with Crippen molar-refractivity contribution < 1.29 is 18.7 Å². The van der Waals surface area contributed by atoms with Crippen molar-refractivity contribution >= 4 is 17.3 Å². The SMILES string of the molecule is O=C1C=CC2(F)OC(=O)c3ccccc3C2=C1. The maximum atomic E-state index is 14.4. The number of allylic oxidation sites excluding steroid dienone is 2. The maximum absolute atomic E-state index is 14.4. The summed E-state index contributed by atoms with van der Waals surface area (Å²) in [7, 11) is 0. The van der Waals surface area contributed by atoms with Crippen LogP contribution in [0.3, 0.4) is 0 Å². The third-order valence-corrected chi connectivity index (χ3v) is 2.79. The van der Waals surface area contributed by atoms with E-state index < -0.39 is 11.8 Å². The minimum Gasteiger partial charge on any atom is -0.417 e. The highest BCUT2D eigenvalue weighted by molar-refractivity contribution is 6.11. The van der Waals surface area contributed by atoms with Crippen LogP contribution in [0.5, 0.6) is 0 Å². The fourth-order valence-electron chi connectivity index (χ4n) is 2.00. The van der Waals surface area contributed by atoms with Crippen molar-refractivity contribution in [3.63, 3.8) is 0 Å². The Hall–Kier alpha value is -2.23. The molecule has 0 saturated carbocycles. The number of ketones is 1. The van der Waals surface area contributed by atoms with Crippen molar-refractivity contribution in [2.24, 2.45) is 0 Å². The third-order valence-electron chi connectivity index (χ3n) is 2.79. The van der Waals surface area contributed by atoms with Crippen molar-refractivity contribution in [1.29, 1.82) is 0 Å². The minimum atomic E-state index is -2.32. The van der Waals surface area contributed by atoms with Gasteiger partial charge in [-0.25, -0.2) is 4.79 Å². The Balaban J connectivity index is 2.28. The zero-order chi connectivity index (χ0) is 12.0. The van der Waals surface area contributed by atoms with Crippen molar-refractivity contribution in [2.75, 3.05) is 0 Å². The molecule has 0 radical (unpaired) electrons.